The van der Waals surface area contributed by atoms with Gasteiger partial charge in [0.1, 0.15) is 11.9 Å². The first kappa shape index (κ1) is 14.7. The van der Waals surface area contributed by atoms with Gasteiger partial charge in [-0.3, -0.25) is 14.9 Å². The van der Waals surface area contributed by atoms with Crippen LogP contribution in [0.2, 0.25) is 0 Å². The monoisotopic (exact) mass is 290 g/mol. The van der Waals surface area contributed by atoms with Gasteiger partial charge in [-0.25, -0.2) is 4.98 Å². The van der Waals surface area contributed by atoms with Crippen LogP contribution in [0, 0.1) is 27.4 Å². The molecular formula is C13H14N4O4. The number of pyridine rings is 1. The Hall–Kier alpha value is -2.69. The maximum Gasteiger partial charge on any atom is 0.306 e. The quantitative estimate of drug-likeness (QED) is 0.640. The first-order valence-electron chi connectivity index (χ1n) is 6.56. The molecule has 8 heteroatoms. The largest absolute Gasteiger partial charge is 0.481 e. The van der Waals surface area contributed by atoms with E-state index in [0.29, 0.717) is 18.7 Å². The molecule has 21 heavy (non-hydrogen) atoms. The van der Waals surface area contributed by atoms with Gasteiger partial charge in [0, 0.05) is 12.1 Å². The van der Waals surface area contributed by atoms with Crippen LogP contribution >= 0.6 is 0 Å². The number of rotatable bonds is 4. The zero-order chi connectivity index (χ0) is 15.4. The molecule has 0 aromatic carbocycles. The standard InChI is InChI=1S/C13H14N4O4/c14-7-10-11(17(20)21)4-5-12(16-10)15-9-3-1-2-8(6-9)13(18)19/h4-5,8-9H,1-3,6H2,(H,15,16)(H,18,19). The van der Waals surface area contributed by atoms with Crippen molar-refractivity contribution in [3.63, 3.8) is 0 Å². The molecule has 1 aliphatic rings. The molecule has 0 aliphatic heterocycles. The fourth-order valence-electron chi connectivity index (χ4n) is 2.52. The van der Waals surface area contributed by atoms with Crippen molar-refractivity contribution < 1.29 is 14.8 Å². The summed E-state index contributed by atoms with van der Waals surface area (Å²) in [5.74, 6) is -0.839. The summed E-state index contributed by atoms with van der Waals surface area (Å²) >= 11 is 0. The highest BCUT2D eigenvalue weighted by molar-refractivity contribution is 5.70. The van der Waals surface area contributed by atoms with Crippen molar-refractivity contribution >= 4 is 17.5 Å². The molecule has 2 N–H and O–H groups in total. The van der Waals surface area contributed by atoms with E-state index in [9.17, 15) is 14.9 Å². The molecule has 2 rings (SSSR count). The lowest BCUT2D eigenvalue weighted by atomic mass is 9.86. The van der Waals surface area contributed by atoms with E-state index >= 15 is 0 Å². The molecule has 0 amide bonds. The molecule has 1 aliphatic carbocycles. The minimum Gasteiger partial charge on any atom is -0.481 e. The topological polar surface area (TPSA) is 129 Å². The van der Waals surface area contributed by atoms with Crippen molar-refractivity contribution in [2.24, 2.45) is 5.92 Å². The van der Waals surface area contributed by atoms with E-state index in [1.54, 1.807) is 6.07 Å². The molecule has 1 fully saturated rings. The van der Waals surface area contributed by atoms with Crippen LogP contribution in [0.5, 0.6) is 0 Å². The Morgan fingerprint density at radius 2 is 2.29 bits per heavy atom. The number of nitrogens with one attached hydrogen (secondary N) is 1. The number of anilines is 1. The van der Waals surface area contributed by atoms with Gasteiger partial charge in [-0.1, -0.05) is 6.42 Å². The van der Waals surface area contributed by atoms with Gasteiger partial charge in [-0.2, -0.15) is 5.26 Å². The molecule has 0 saturated heterocycles. The second-order valence-electron chi connectivity index (χ2n) is 4.98. The number of carboxylic acid groups (broad SMARTS) is 1. The number of nitriles is 1. The number of aromatic nitrogens is 1. The van der Waals surface area contributed by atoms with Crippen LogP contribution in [-0.2, 0) is 4.79 Å². The summed E-state index contributed by atoms with van der Waals surface area (Å²) in [6.07, 6.45) is 2.75. The van der Waals surface area contributed by atoms with E-state index in [0.717, 1.165) is 12.8 Å². The number of carboxylic acids is 1. The third-order valence-corrected chi connectivity index (χ3v) is 3.55. The lowest BCUT2D eigenvalue weighted by Gasteiger charge is -2.27. The minimum absolute atomic E-state index is 0.0552. The third-order valence-electron chi connectivity index (χ3n) is 3.55. The van der Waals surface area contributed by atoms with E-state index in [-0.39, 0.29) is 23.3 Å². The zero-order valence-corrected chi connectivity index (χ0v) is 11.2. The van der Waals surface area contributed by atoms with Crippen LogP contribution in [0.1, 0.15) is 31.4 Å². The van der Waals surface area contributed by atoms with Crippen LogP contribution < -0.4 is 5.32 Å². The van der Waals surface area contributed by atoms with Gasteiger partial charge in [0.2, 0.25) is 5.69 Å². The Morgan fingerprint density at radius 3 is 2.90 bits per heavy atom. The van der Waals surface area contributed by atoms with Crippen molar-refractivity contribution in [3.05, 3.63) is 27.9 Å². The first-order chi connectivity index (χ1) is 10.0. The van der Waals surface area contributed by atoms with E-state index in [4.69, 9.17) is 10.4 Å². The van der Waals surface area contributed by atoms with Gasteiger partial charge in [0.05, 0.1) is 10.8 Å². The molecule has 8 nitrogen and oxygen atoms in total. The van der Waals surface area contributed by atoms with Crippen LogP contribution in [0.15, 0.2) is 12.1 Å². The van der Waals surface area contributed by atoms with Gasteiger partial charge < -0.3 is 10.4 Å². The van der Waals surface area contributed by atoms with Crippen molar-refractivity contribution in [1.82, 2.24) is 4.98 Å². The Labute approximate surface area is 120 Å². The number of nitrogens with zero attached hydrogens (tertiary/aromatic N) is 3. The molecule has 1 aromatic heterocycles. The fourth-order valence-corrected chi connectivity index (χ4v) is 2.52. The molecule has 0 bridgehead atoms. The van der Waals surface area contributed by atoms with Crippen molar-refractivity contribution in [2.45, 2.75) is 31.7 Å². The van der Waals surface area contributed by atoms with Gasteiger partial charge in [-0.05, 0) is 25.3 Å². The minimum atomic E-state index is -0.809. The predicted molar refractivity (Wildman–Crippen MR) is 72.6 cm³/mol. The second-order valence-corrected chi connectivity index (χ2v) is 4.98. The molecule has 0 spiro atoms. The number of nitro groups is 1. The fraction of sp³-hybridized carbons (Fsp3) is 0.462. The summed E-state index contributed by atoms with van der Waals surface area (Å²) in [7, 11) is 0. The molecule has 2 atom stereocenters. The molecule has 1 aromatic rings. The van der Waals surface area contributed by atoms with Gasteiger partial charge in [0.25, 0.3) is 0 Å². The van der Waals surface area contributed by atoms with Crippen molar-refractivity contribution in [1.29, 1.82) is 5.26 Å². The SMILES string of the molecule is N#Cc1nc(NC2CCCC(C(=O)O)C2)ccc1[N+](=O)[O-]. The molecule has 2 unspecified atom stereocenters. The maximum absolute atomic E-state index is 11.0. The van der Waals surface area contributed by atoms with Crippen molar-refractivity contribution in [3.8, 4) is 6.07 Å². The lowest BCUT2D eigenvalue weighted by Crippen LogP contribution is -2.31. The normalized spacial score (nSPS) is 21.3. The van der Waals surface area contributed by atoms with Gasteiger partial charge in [0.15, 0.2) is 0 Å². The third kappa shape index (κ3) is 3.45. The summed E-state index contributed by atoms with van der Waals surface area (Å²) in [6.45, 7) is 0. The Bertz CT molecular complexity index is 611. The smallest absolute Gasteiger partial charge is 0.306 e. The average Bonchev–Trinajstić information content (AvgIpc) is 2.47. The van der Waals surface area contributed by atoms with E-state index in [1.807, 2.05) is 0 Å². The van der Waals surface area contributed by atoms with Crippen LogP contribution in [-0.4, -0.2) is 27.0 Å². The van der Waals surface area contributed by atoms with Gasteiger partial charge in [-0.15, -0.1) is 0 Å². The molecule has 0 radical (unpaired) electrons. The lowest BCUT2D eigenvalue weighted by molar-refractivity contribution is -0.385. The van der Waals surface area contributed by atoms with Crippen LogP contribution in [0.3, 0.4) is 0 Å². The highest BCUT2D eigenvalue weighted by Gasteiger charge is 2.27. The molecule has 1 saturated carbocycles. The highest BCUT2D eigenvalue weighted by atomic mass is 16.6. The Morgan fingerprint density at radius 1 is 1.52 bits per heavy atom. The number of hydrogen-bond acceptors (Lipinski definition) is 6. The summed E-state index contributed by atoms with van der Waals surface area (Å²) in [4.78, 5) is 25.0. The zero-order valence-electron chi connectivity index (χ0n) is 11.2. The summed E-state index contributed by atoms with van der Waals surface area (Å²) in [5.41, 5.74) is -0.592. The molecule has 1 heterocycles. The number of hydrogen-bond donors (Lipinski definition) is 2. The second kappa shape index (κ2) is 6.17. The Balaban J connectivity index is 2.11. The van der Waals surface area contributed by atoms with Crippen LogP contribution in [0.4, 0.5) is 11.5 Å². The predicted octanol–water partition coefficient (Wildman–Crippen LogP) is 1.92. The van der Waals surface area contributed by atoms with Crippen molar-refractivity contribution in [2.75, 3.05) is 5.32 Å². The highest BCUT2D eigenvalue weighted by Crippen LogP contribution is 2.27. The molecule has 110 valence electrons. The van der Waals surface area contributed by atoms with E-state index in [1.165, 1.54) is 12.1 Å². The summed E-state index contributed by atoms with van der Waals surface area (Å²) in [6, 6.07) is 4.30. The number of aliphatic carboxylic acids is 1. The Kier molecular flexibility index (Phi) is 4.33. The molecular weight excluding hydrogens is 276 g/mol. The van der Waals surface area contributed by atoms with Gasteiger partial charge >= 0.3 is 11.7 Å². The maximum atomic E-state index is 11.0. The summed E-state index contributed by atoms with van der Waals surface area (Å²) < 4.78 is 0. The van der Waals surface area contributed by atoms with E-state index in [2.05, 4.69) is 10.3 Å². The van der Waals surface area contributed by atoms with Crippen LogP contribution in [0.25, 0.3) is 0 Å². The average molecular weight is 290 g/mol. The van der Waals surface area contributed by atoms with E-state index < -0.39 is 10.9 Å². The summed E-state index contributed by atoms with van der Waals surface area (Å²) in [5, 5.41) is 31.7. The number of carbonyl (C=O) groups is 1. The first-order valence-corrected chi connectivity index (χ1v) is 6.56.